The van der Waals surface area contributed by atoms with E-state index >= 15 is 0 Å². The molecule has 2 fully saturated rings. The largest absolute Gasteiger partial charge is 0.445 e. The number of carbonyl (C=O) groups excluding carboxylic acids is 1. The van der Waals surface area contributed by atoms with Gasteiger partial charge in [0.1, 0.15) is 6.61 Å². The van der Waals surface area contributed by atoms with Crippen molar-refractivity contribution in [1.29, 1.82) is 0 Å². The van der Waals surface area contributed by atoms with Crippen LogP contribution in [0.5, 0.6) is 0 Å². The molecule has 2 aliphatic heterocycles. The van der Waals surface area contributed by atoms with Crippen molar-refractivity contribution in [1.82, 2.24) is 10.2 Å². The third-order valence-corrected chi connectivity index (χ3v) is 6.14. The fourth-order valence-electron chi connectivity index (χ4n) is 3.79. The third kappa shape index (κ3) is 13.0. The number of hydrogen-bond acceptors (Lipinski definition) is 6. The van der Waals surface area contributed by atoms with Gasteiger partial charge in [0.15, 0.2) is 0 Å². The monoisotopic (exact) mass is 468 g/mol. The van der Waals surface area contributed by atoms with E-state index in [0.29, 0.717) is 19.0 Å². The van der Waals surface area contributed by atoms with Crippen molar-refractivity contribution >= 4 is 6.09 Å². The highest BCUT2D eigenvalue weighted by Gasteiger charge is 2.24. The van der Waals surface area contributed by atoms with E-state index in [9.17, 15) is 15.0 Å². The molecule has 1 aromatic carbocycles. The zero-order valence-corrected chi connectivity index (χ0v) is 20.1. The van der Waals surface area contributed by atoms with Gasteiger partial charge in [0, 0.05) is 20.2 Å². The molecule has 2 heterocycles. The molecule has 192 valence electrons. The highest BCUT2D eigenvalue weighted by Crippen LogP contribution is 2.18. The number of nitrogens with zero attached hydrogens (tertiary/aromatic N) is 1. The van der Waals surface area contributed by atoms with E-state index in [2.05, 4.69) is 12.2 Å². The Hall–Kier alpha value is -1.67. The second-order valence-electron chi connectivity index (χ2n) is 8.77. The molecule has 0 radical (unpaired) electrons. The smallest absolute Gasteiger partial charge is 0.410 e. The van der Waals surface area contributed by atoms with Crippen molar-refractivity contribution in [3.8, 4) is 0 Å². The van der Waals surface area contributed by atoms with E-state index in [1.54, 1.807) is 4.90 Å². The summed E-state index contributed by atoms with van der Waals surface area (Å²) in [6.45, 7) is 7.32. The lowest BCUT2D eigenvalue weighted by molar-refractivity contribution is 0.0391. The average Bonchev–Trinajstić information content (AvgIpc) is 2.81. The van der Waals surface area contributed by atoms with Crippen LogP contribution in [0.4, 0.5) is 4.79 Å². The van der Waals surface area contributed by atoms with Gasteiger partial charge in [-0.3, -0.25) is 0 Å². The molecule has 7 nitrogen and oxygen atoms in total. The summed E-state index contributed by atoms with van der Waals surface area (Å²) in [7, 11) is 1.00. The molecule has 1 aromatic rings. The summed E-state index contributed by atoms with van der Waals surface area (Å²) >= 11 is 0. The fraction of sp³-hybridized carbons (Fsp3) is 0.731. The van der Waals surface area contributed by atoms with E-state index < -0.39 is 6.10 Å². The van der Waals surface area contributed by atoms with Gasteiger partial charge in [-0.05, 0) is 49.6 Å². The summed E-state index contributed by atoms with van der Waals surface area (Å²) in [6, 6.07) is 9.63. The standard InChI is InChI=1S/C16H23NO3.C8H17NO.CH4O.CH4/c1-13-7-5-6-10-17(11-15(13)18)16(19)20-12-14-8-3-2-4-9-14;1-7-4-2-3-5-9-6-8(7)10;1-2;/h2-4,8-9,13,15,18H,5-7,10-12H2,1H3;7-10H,2-6H2,1H3;2H,1H3;1H4. The summed E-state index contributed by atoms with van der Waals surface area (Å²) < 4.78 is 5.32. The molecule has 7 heteroatoms. The molecule has 3 rings (SSSR count). The quantitative estimate of drug-likeness (QED) is 0.526. The van der Waals surface area contributed by atoms with Crippen molar-refractivity contribution in [2.24, 2.45) is 11.8 Å². The number of nitrogens with one attached hydrogen (secondary N) is 1. The number of rotatable bonds is 2. The number of aliphatic hydroxyl groups excluding tert-OH is 3. The van der Waals surface area contributed by atoms with Gasteiger partial charge in [0.2, 0.25) is 0 Å². The van der Waals surface area contributed by atoms with Gasteiger partial charge in [-0.25, -0.2) is 4.79 Å². The molecular formula is C26H48N2O5. The number of benzene rings is 1. The summed E-state index contributed by atoms with van der Waals surface area (Å²) in [5.74, 6) is 0.715. The first kappa shape index (κ1) is 31.3. The van der Waals surface area contributed by atoms with Crippen LogP contribution in [0.1, 0.15) is 65.4 Å². The second-order valence-corrected chi connectivity index (χ2v) is 8.77. The van der Waals surface area contributed by atoms with Crippen LogP contribution in [0, 0.1) is 11.8 Å². The van der Waals surface area contributed by atoms with Crippen molar-refractivity contribution in [2.45, 2.75) is 78.6 Å². The van der Waals surface area contributed by atoms with Crippen molar-refractivity contribution in [2.75, 3.05) is 33.3 Å². The van der Waals surface area contributed by atoms with Crippen molar-refractivity contribution in [3.63, 3.8) is 0 Å². The summed E-state index contributed by atoms with van der Waals surface area (Å²) in [6.07, 6.45) is 5.82. The van der Waals surface area contributed by atoms with E-state index in [1.165, 1.54) is 19.3 Å². The zero-order chi connectivity index (χ0) is 23.8. The van der Waals surface area contributed by atoms with Gasteiger partial charge in [0.25, 0.3) is 0 Å². The van der Waals surface area contributed by atoms with E-state index in [0.717, 1.165) is 45.0 Å². The molecule has 0 aliphatic carbocycles. The molecule has 0 aromatic heterocycles. The van der Waals surface area contributed by atoms with Gasteiger partial charge < -0.3 is 30.3 Å². The first-order chi connectivity index (χ1) is 15.5. The maximum Gasteiger partial charge on any atom is 0.410 e. The van der Waals surface area contributed by atoms with E-state index in [4.69, 9.17) is 9.84 Å². The van der Waals surface area contributed by atoms with E-state index in [-0.39, 0.29) is 32.1 Å². The number of carbonyl (C=O) groups is 1. The number of likely N-dealkylation sites (tertiary alicyclic amines) is 1. The van der Waals surface area contributed by atoms with Crippen LogP contribution in [0.2, 0.25) is 0 Å². The van der Waals surface area contributed by atoms with Gasteiger partial charge in [-0.15, -0.1) is 0 Å². The molecule has 4 atom stereocenters. The molecule has 1 amide bonds. The van der Waals surface area contributed by atoms with Crippen LogP contribution < -0.4 is 5.32 Å². The molecule has 2 aliphatic rings. The van der Waals surface area contributed by atoms with Crippen LogP contribution in [0.3, 0.4) is 0 Å². The SMILES string of the molecule is C.CC1CCCCN(C(=O)OCc2ccccc2)CC1O.CC1CCCCNCC1O.CO. The lowest BCUT2D eigenvalue weighted by atomic mass is 9.95. The fourth-order valence-corrected chi connectivity index (χ4v) is 3.79. The Labute approximate surface area is 201 Å². The maximum absolute atomic E-state index is 12.1. The zero-order valence-electron chi connectivity index (χ0n) is 20.1. The van der Waals surface area contributed by atoms with Crippen LogP contribution in [-0.2, 0) is 11.3 Å². The van der Waals surface area contributed by atoms with Crippen LogP contribution >= 0.6 is 0 Å². The molecule has 4 N–H and O–H groups in total. The highest BCUT2D eigenvalue weighted by molar-refractivity contribution is 5.67. The maximum atomic E-state index is 12.1. The Kier molecular flexibility index (Phi) is 17.8. The summed E-state index contributed by atoms with van der Waals surface area (Å²) in [4.78, 5) is 13.7. The van der Waals surface area contributed by atoms with E-state index in [1.807, 2.05) is 37.3 Å². The van der Waals surface area contributed by atoms with Gasteiger partial charge >= 0.3 is 6.09 Å². The average molecular weight is 469 g/mol. The number of amides is 1. The first-order valence-corrected chi connectivity index (χ1v) is 11.9. The third-order valence-electron chi connectivity index (χ3n) is 6.14. The Balaban J connectivity index is 0.000000666. The predicted molar refractivity (Wildman–Crippen MR) is 134 cm³/mol. The number of ether oxygens (including phenoxy) is 1. The molecular weight excluding hydrogens is 420 g/mol. The first-order valence-electron chi connectivity index (χ1n) is 11.9. The normalized spacial score (nSPS) is 25.7. The topological polar surface area (TPSA) is 102 Å². The minimum atomic E-state index is -0.459. The van der Waals surface area contributed by atoms with Crippen LogP contribution in [0.25, 0.3) is 0 Å². The molecule has 2 saturated heterocycles. The Morgan fingerprint density at radius 2 is 1.61 bits per heavy atom. The molecule has 0 spiro atoms. The van der Waals surface area contributed by atoms with Gasteiger partial charge in [-0.2, -0.15) is 0 Å². The molecule has 0 bridgehead atoms. The second kappa shape index (κ2) is 18.7. The Bertz CT molecular complexity index is 590. The number of aliphatic hydroxyl groups is 3. The minimum absolute atomic E-state index is 0. The number of β-amino-alcohol motifs (C(OH)–C–C–N with tert-alkyl or cyclic N) is 2. The predicted octanol–water partition coefficient (Wildman–Crippen LogP) is 3.81. The number of hydrogen-bond donors (Lipinski definition) is 4. The highest BCUT2D eigenvalue weighted by atomic mass is 16.6. The lowest BCUT2D eigenvalue weighted by Gasteiger charge is -2.30. The molecule has 33 heavy (non-hydrogen) atoms. The van der Waals surface area contributed by atoms with Crippen LogP contribution in [-0.4, -0.2) is 71.8 Å². The van der Waals surface area contributed by atoms with Crippen molar-refractivity contribution in [3.05, 3.63) is 35.9 Å². The molecule has 0 saturated carbocycles. The summed E-state index contributed by atoms with van der Waals surface area (Å²) in [5.41, 5.74) is 0.974. The Morgan fingerprint density at radius 1 is 1.00 bits per heavy atom. The van der Waals surface area contributed by atoms with Crippen molar-refractivity contribution < 1.29 is 24.9 Å². The minimum Gasteiger partial charge on any atom is -0.445 e. The molecule has 4 unspecified atom stereocenters. The van der Waals surface area contributed by atoms with Crippen LogP contribution in [0.15, 0.2) is 30.3 Å². The van der Waals surface area contributed by atoms with Gasteiger partial charge in [0.05, 0.1) is 18.8 Å². The lowest BCUT2D eigenvalue weighted by Crippen LogP contribution is -2.42. The Morgan fingerprint density at radius 3 is 2.27 bits per heavy atom. The van der Waals surface area contributed by atoms with Gasteiger partial charge in [-0.1, -0.05) is 64.4 Å². The summed E-state index contributed by atoms with van der Waals surface area (Å²) in [5, 5.41) is 29.7.